The smallest absolute Gasteiger partial charge is 0.239 e. The Kier molecular flexibility index (Phi) is 3.55. The molecule has 0 aliphatic rings. The number of para-hydroxylation sites is 1. The molecule has 0 unspecified atom stereocenters. The van der Waals surface area contributed by atoms with Gasteiger partial charge in [-0.15, -0.1) is 0 Å². The highest BCUT2D eigenvalue weighted by molar-refractivity contribution is 5.90. The van der Waals surface area contributed by atoms with E-state index in [9.17, 15) is 0 Å². The first kappa shape index (κ1) is 12.1. The summed E-state index contributed by atoms with van der Waals surface area (Å²) in [6.45, 7) is 0.613. The number of hydrazine groups is 1. The van der Waals surface area contributed by atoms with E-state index in [-0.39, 0.29) is 0 Å². The number of nitriles is 1. The molecular formula is C12H14N6. The summed E-state index contributed by atoms with van der Waals surface area (Å²) in [6.07, 6.45) is 0.445. The second kappa shape index (κ2) is 5.29. The van der Waals surface area contributed by atoms with Crippen molar-refractivity contribution in [2.24, 2.45) is 5.84 Å². The van der Waals surface area contributed by atoms with Crippen molar-refractivity contribution in [2.75, 3.05) is 23.9 Å². The predicted molar refractivity (Wildman–Crippen MR) is 70.8 cm³/mol. The number of fused-ring (bicyclic) bond motifs is 1. The highest BCUT2D eigenvalue weighted by atomic mass is 15.3. The Morgan fingerprint density at radius 3 is 2.89 bits per heavy atom. The summed E-state index contributed by atoms with van der Waals surface area (Å²) < 4.78 is 0. The number of nitrogens with zero attached hydrogens (tertiary/aromatic N) is 4. The van der Waals surface area contributed by atoms with Crippen LogP contribution in [-0.4, -0.2) is 23.6 Å². The molecule has 0 radical (unpaired) electrons. The molecule has 0 saturated heterocycles. The van der Waals surface area contributed by atoms with Crippen LogP contribution in [0.2, 0.25) is 0 Å². The van der Waals surface area contributed by atoms with Crippen molar-refractivity contribution in [3.63, 3.8) is 0 Å². The molecule has 1 heterocycles. The van der Waals surface area contributed by atoms with Crippen molar-refractivity contribution in [3.05, 3.63) is 24.3 Å². The van der Waals surface area contributed by atoms with E-state index in [0.717, 1.165) is 16.7 Å². The number of aromatic nitrogens is 2. The van der Waals surface area contributed by atoms with Gasteiger partial charge in [0.25, 0.3) is 0 Å². The van der Waals surface area contributed by atoms with E-state index in [0.29, 0.717) is 18.9 Å². The average molecular weight is 242 g/mol. The molecule has 2 aromatic rings. The summed E-state index contributed by atoms with van der Waals surface area (Å²) >= 11 is 0. The maximum absolute atomic E-state index is 8.63. The lowest BCUT2D eigenvalue weighted by Gasteiger charge is -2.19. The highest BCUT2D eigenvalue weighted by Crippen LogP contribution is 2.24. The van der Waals surface area contributed by atoms with E-state index >= 15 is 0 Å². The molecule has 0 atom stereocenters. The molecule has 0 saturated carbocycles. The minimum atomic E-state index is 0.368. The fourth-order valence-corrected chi connectivity index (χ4v) is 1.74. The lowest BCUT2D eigenvalue weighted by Crippen LogP contribution is -2.21. The van der Waals surface area contributed by atoms with Crippen LogP contribution in [0.25, 0.3) is 10.9 Å². The van der Waals surface area contributed by atoms with Crippen molar-refractivity contribution in [3.8, 4) is 6.07 Å². The number of benzene rings is 1. The van der Waals surface area contributed by atoms with E-state index in [1.54, 1.807) is 0 Å². The number of hydrogen-bond acceptors (Lipinski definition) is 6. The molecule has 0 aliphatic carbocycles. The zero-order valence-corrected chi connectivity index (χ0v) is 10.1. The minimum Gasteiger partial charge on any atom is -0.358 e. The average Bonchev–Trinajstić information content (AvgIpc) is 2.43. The van der Waals surface area contributed by atoms with Gasteiger partial charge in [0.15, 0.2) is 0 Å². The van der Waals surface area contributed by atoms with Crippen LogP contribution < -0.4 is 16.2 Å². The third kappa shape index (κ3) is 2.31. The summed E-state index contributed by atoms with van der Waals surface area (Å²) in [4.78, 5) is 10.5. The Balaban J connectivity index is 2.50. The molecule has 1 aromatic heterocycles. The maximum Gasteiger partial charge on any atom is 0.239 e. The van der Waals surface area contributed by atoms with Crippen LogP contribution >= 0.6 is 0 Å². The van der Waals surface area contributed by atoms with Gasteiger partial charge >= 0.3 is 0 Å². The summed E-state index contributed by atoms with van der Waals surface area (Å²) in [6, 6.07) is 9.82. The van der Waals surface area contributed by atoms with Gasteiger partial charge in [-0.3, -0.25) is 5.43 Å². The zero-order valence-electron chi connectivity index (χ0n) is 10.1. The molecule has 0 fully saturated rings. The first-order valence-corrected chi connectivity index (χ1v) is 5.57. The number of anilines is 2. The molecule has 0 bridgehead atoms. The highest BCUT2D eigenvalue weighted by Gasteiger charge is 2.10. The lowest BCUT2D eigenvalue weighted by molar-refractivity contribution is 0.887. The molecule has 0 aliphatic heterocycles. The Hall–Kier alpha value is -2.39. The van der Waals surface area contributed by atoms with E-state index in [2.05, 4.69) is 21.5 Å². The van der Waals surface area contributed by atoms with Crippen LogP contribution in [0.3, 0.4) is 0 Å². The maximum atomic E-state index is 8.63. The Morgan fingerprint density at radius 1 is 1.39 bits per heavy atom. The molecule has 6 nitrogen and oxygen atoms in total. The van der Waals surface area contributed by atoms with E-state index in [1.807, 2.05) is 36.2 Å². The molecule has 3 N–H and O–H groups in total. The molecule has 1 aromatic carbocycles. The minimum absolute atomic E-state index is 0.368. The van der Waals surface area contributed by atoms with Gasteiger partial charge in [-0.05, 0) is 12.1 Å². The number of nitrogen functional groups attached to an aromatic ring is 1. The molecular weight excluding hydrogens is 228 g/mol. The number of rotatable bonds is 4. The number of hydrogen-bond donors (Lipinski definition) is 2. The molecule has 6 heteroatoms. The van der Waals surface area contributed by atoms with Gasteiger partial charge in [-0.1, -0.05) is 12.1 Å². The Morgan fingerprint density at radius 2 is 2.17 bits per heavy atom. The van der Waals surface area contributed by atoms with Gasteiger partial charge in [0.05, 0.1) is 18.0 Å². The van der Waals surface area contributed by atoms with Crippen molar-refractivity contribution in [1.29, 1.82) is 5.26 Å². The van der Waals surface area contributed by atoms with Gasteiger partial charge in [-0.25, -0.2) is 10.8 Å². The largest absolute Gasteiger partial charge is 0.358 e. The van der Waals surface area contributed by atoms with Crippen molar-refractivity contribution >= 4 is 22.7 Å². The Labute approximate surface area is 105 Å². The van der Waals surface area contributed by atoms with Gasteiger partial charge in [0.2, 0.25) is 5.95 Å². The first-order valence-electron chi connectivity index (χ1n) is 5.57. The topological polar surface area (TPSA) is 90.9 Å². The number of nitrogens with two attached hydrogens (primary N) is 1. The second-order valence-electron chi connectivity index (χ2n) is 3.86. The van der Waals surface area contributed by atoms with Gasteiger partial charge < -0.3 is 4.90 Å². The normalized spacial score (nSPS) is 10.1. The van der Waals surface area contributed by atoms with Crippen molar-refractivity contribution in [1.82, 2.24) is 9.97 Å². The van der Waals surface area contributed by atoms with Crippen molar-refractivity contribution in [2.45, 2.75) is 6.42 Å². The predicted octanol–water partition coefficient (Wildman–Crippen LogP) is 1.27. The third-order valence-electron chi connectivity index (χ3n) is 2.63. The summed E-state index contributed by atoms with van der Waals surface area (Å²) in [7, 11) is 1.90. The summed E-state index contributed by atoms with van der Waals surface area (Å²) in [5.74, 6) is 6.50. The zero-order chi connectivity index (χ0) is 13.0. The first-order chi connectivity index (χ1) is 8.76. The third-order valence-corrected chi connectivity index (χ3v) is 2.63. The van der Waals surface area contributed by atoms with Gasteiger partial charge in [-0.2, -0.15) is 10.2 Å². The lowest BCUT2D eigenvalue weighted by atomic mass is 10.2. The Bertz CT molecular complexity index is 589. The van der Waals surface area contributed by atoms with Crippen LogP contribution in [0.5, 0.6) is 0 Å². The van der Waals surface area contributed by atoms with Crippen molar-refractivity contribution < 1.29 is 0 Å². The second-order valence-corrected chi connectivity index (χ2v) is 3.86. The molecule has 2 rings (SSSR count). The van der Waals surface area contributed by atoms with E-state index < -0.39 is 0 Å². The van der Waals surface area contributed by atoms with E-state index in [1.165, 1.54) is 0 Å². The standard InChI is InChI=1S/C12H14N6/c1-18(8-4-7-13)11-9-5-2-3-6-10(9)15-12(16-11)17-14/h2-3,5-6H,4,8,14H2,1H3,(H,15,16,17). The molecule has 92 valence electrons. The number of nitrogens with one attached hydrogen (secondary N) is 1. The summed E-state index contributed by atoms with van der Waals surface area (Å²) in [5.41, 5.74) is 3.28. The van der Waals surface area contributed by atoms with Gasteiger partial charge in [0.1, 0.15) is 5.82 Å². The fourth-order valence-electron chi connectivity index (χ4n) is 1.74. The monoisotopic (exact) mass is 242 g/mol. The molecule has 0 amide bonds. The summed E-state index contributed by atoms with van der Waals surface area (Å²) in [5, 5.41) is 9.58. The van der Waals surface area contributed by atoms with Crippen LogP contribution in [0.4, 0.5) is 11.8 Å². The van der Waals surface area contributed by atoms with Crippen LogP contribution in [0.15, 0.2) is 24.3 Å². The molecule has 18 heavy (non-hydrogen) atoms. The fraction of sp³-hybridized carbons (Fsp3) is 0.250. The quantitative estimate of drug-likeness (QED) is 0.619. The van der Waals surface area contributed by atoms with E-state index in [4.69, 9.17) is 11.1 Å². The van der Waals surface area contributed by atoms with Crippen LogP contribution in [0, 0.1) is 11.3 Å². The van der Waals surface area contributed by atoms with Crippen LogP contribution in [0.1, 0.15) is 6.42 Å². The van der Waals surface area contributed by atoms with Crippen LogP contribution in [-0.2, 0) is 0 Å². The SMILES string of the molecule is CN(CCC#N)c1nc(NN)nc2ccccc12. The molecule has 0 spiro atoms. The van der Waals surface area contributed by atoms with Gasteiger partial charge in [0, 0.05) is 19.0 Å².